The number of hydrogen-bond acceptors (Lipinski definition) is 5. The van der Waals surface area contributed by atoms with Crippen LogP contribution in [0, 0.1) is 20.8 Å². The van der Waals surface area contributed by atoms with Gasteiger partial charge in [-0.05, 0) is 38.5 Å². The predicted molar refractivity (Wildman–Crippen MR) is 96.6 cm³/mol. The summed E-state index contributed by atoms with van der Waals surface area (Å²) < 4.78 is 7.31. The second kappa shape index (κ2) is 6.25. The lowest BCUT2D eigenvalue weighted by Crippen LogP contribution is -2.32. The lowest BCUT2D eigenvalue weighted by Gasteiger charge is -2.12. The van der Waals surface area contributed by atoms with E-state index in [0.29, 0.717) is 18.2 Å². The molecule has 132 valence electrons. The molecule has 2 aromatic heterocycles. The van der Waals surface area contributed by atoms with E-state index in [1.54, 1.807) is 10.7 Å². The molecule has 0 radical (unpaired) electrons. The second-order valence-electron chi connectivity index (χ2n) is 6.44. The van der Waals surface area contributed by atoms with E-state index in [0.717, 1.165) is 28.4 Å². The summed E-state index contributed by atoms with van der Waals surface area (Å²) in [5.74, 6) is 1.50. The lowest BCUT2D eigenvalue weighted by molar-refractivity contribution is -0.122. The van der Waals surface area contributed by atoms with Crippen LogP contribution in [0.2, 0.25) is 0 Å². The van der Waals surface area contributed by atoms with Gasteiger partial charge in [0.25, 0.3) is 11.9 Å². The third-order valence-corrected chi connectivity index (χ3v) is 4.18. The van der Waals surface area contributed by atoms with Gasteiger partial charge in [-0.1, -0.05) is 18.2 Å². The number of aromatic nitrogens is 4. The van der Waals surface area contributed by atoms with E-state index in [9.17, 15) is 4.79 Å². The average Bonchev–Trinajstić information content (AvgIpc) is 3.17. The Hall–Kier alpha value is -3.22. The molecule has 1 N–H and O–H groups in total. The van der Waals surface area contributed by atoms with Crippen molar-refractivity contribution in [1.82, 2.24) is 19.7 Å². The van der Waals surface area contributed by atoms with Crippen LogP contribution in [-0.4, -0.2) is 31.8 Å². The summed E-state index contributed by atoms with van der Waals surface area (Å²) in [5.41, 5.74) is 3.48. The van der Waals surface area contributed by atoms with Gasteiger partial charge in [0.2, 0.25) is 0 Å². The molecule has 0 saturated heterocycles. The molecule has 1 amide bonds. The Kier molecular flexibility index (Phi) is 3.91. The molecule has 0 aliphatic carbocycles. The molecule has 0 bridgehead atoms. The molecular weight excluding hydrogens is 330 g/mol. The number of carbonyl (C=O) groups excluding carboxylic acids is 1. The number of para-hydroxylation sites is 1. The second-order valence-corrected chi connectivity index (χ2v) is 6.44. The molecule has 0 unspecified atom stereocenters. The number of hydrogen-bond donors (Lipinski definition) is 1. The number of benzene rings is 1. The van der Waals surface area contributed by atoms with Crippen LogP contribution in [0.5, 0.6) is 5.75 Å². The molecule has 4 rings (SSSR count). The quantitative estimate of drug-likeness (QED) is 0.786. The molecule has 1 aliphatic heterocycles. The van der Waals surface area contributed by atoms with E-state index in [4.69, 9.17) is 4.74 Å². The Balaban J connectivity index is 1.59. The van der Waals surface area contributed by atoms with Crippen LogP contribution in [0.25, 0.3) is 5.95 Å². The van der Waals surface area contributed by atoms with Crippen LogP contribution in [0.1, 0.15) is 22.6 Å². The fourth-order valence-electron chi connectivity index (χ4n) is 3.08. The first-order valence-corrected chi connectivity index (χ1v) is 8.44. The van der Waals surface area contributed by atoms with E-state index >= 15 is 0 Å². The third kappa shape index (κ3) is 3.03. The number of nitrogens with one attached hydrogen (secondary N) is 1. The molecule has 7 heteroatoms. The third-order valence-electron chi connectivity index (χ3n) is 4.18. The first-order chi connectivity index (χ1) is 12.5. The zero-order valence-electron chi connectivity index (χ0n) is 14.9. The van der Waals surface area contributed by atoms with Crippen molar-refractivity contribution in [2.45, 2.75) is 33.3 Å². The van der Waals surface area contributed by atoms with Crippen molar-refractivity contribution in [3.63, 3.8) is 0 Å². The fourth-order valence-corrected chi connectivity index (χ4v) is 3.08. The molecule has 26 heavy (non-hydrogen) atoms. The number of amides is 1. The van der Waals surface area contributed by atoms with E-state index in [1.807, 2.05) is 51.1 Å². The maximum Gasteiger partial charge on any atom is 0.266 e. The number of aryl methyl sites for hydroxylation is 3. The number of nitrogens with zero attached hydrogens (tertiary/aromatic N) is 4. The first-order valence-electron chi connectivity index (χ1n) is 8.44. The van der Waals surface area contributed by atoms with Crippen molar-refractivity contribution in [3.8, 4) is 11.7 Å². The topological polar surface area (TPSA) is 81.9 Å². The van der Waals surface area contributed by atoms with Crippen molar-refractivity contribution >= 4 is 11.7 Å². The van der Waals surface area contributed by atoms with Gasteiger partial charge in [-0.25, -0.2) is 9.97 Å². The Morgan fingerprint density at radius 2 is 1.85 bits per heavy atom. The van der Waals surface area contributed by atoms with Crippen LogP contribution >= 0.6 is 0 Å². The number of rotatable bonds is 3. The minimum atomic E-state index is -0.559. The highest BCUT2D eigenvalue weighted by atomic mass is 16.5. The molecule has 7 nitrogen and oxygen atoms in total. The highest BCUT2D eigenvalue weighted by Crippen LogP contribution is 2.28. The maximum atomic E-state index is 12.7. The van der Waals surface area contributed by atoms with Crippen molar-refractivity contribution in [2.75, 3.05) is 5.32 Å². The van der Waals surface area contributed by atoms with Gasteiger partial charge < -0.3 is 10.1 Å². The number of anilines is 1. The van der Waals surface area contributed by atoms with Crippen molar-refractivity contribution in [2.24, 2.45) is 0 Å². The van der Waals surface area contributed by atoms with Gasteiger partial charge in [0, 0.05) is 23.9 Å². The normalized spacial score (nSPS) is 15.4. The Labute approximate surface area is 151 Å². The molecule has 1 aliphatic rings. The maximum absolute atomic E-state index is 12.7. The Bertz CT molecular complexity index is 950. The Morgan fingerprint density at radius 3 is 2.58 bits per heavy atom. The highest BCUT2D eigenvalue weighted by molar-refractivity contribution is 5.94. The number of carbonyl (C=O) groups is 1. The summed E-state index contributed by atoms with van der Waals surface area (Å²) >= 11 is 0. The van der Waals surface area contributed by atoms with Crippen LogP contribution in [-0.2, 0) is 11.2 Å². The fraction of sp³-hybridized carbons (Fsp3) is 0.263. The molecule has 0 saturated carbocycles. The van der Waals surface area contributed by atoms with Gasteiger partial charge in [-0.15, -0.1) is 0 Å². The molecule has 0 spiro atoms. The highest BCUT2D eigenvalue weighted by Gasteiger charge is 2.29. The minimum absolute atomic E-state index is 0.216. The van der Waals surface area contributed by atoms with E-state index < -0.39 is 6.10 Å². The summed E-state index contributed by atoms with van der Waals surface area (Å²) in [6, 6.07) is 11.4. The van der Waals surface area contributed by atoms with Crippen molar-refractivity contribution < 1.29 is 9.53 Å². The van der Waals surface area contributed by atoms with Gasteiger partial charge in [0.05, 0.1) is 5.69 Å². The lowest BCUT2D eigenvalue weighted by atomic mass is 10.1. The van der Waals surface area contributed by atoms with Gasteiger partial charge in [0.15, 0.2) is 6.10 Å². The van der Waals surface area contributed by atoms with E-state index in [2.05, 4.69) is 20.4 Å². The SMILES string of the molecule is Cc1cc(C)nc(-n2nc(C)cc2NC(=O)[C@@H]2Cc3ccccc3O2)n1. The zero-order valence-corrected chi connectivity index (χ0v) is 14.9. The minimum Gasteiger partial charge on any atom is -0.480 e. The molecule has 0 fully saturated rings. The molecule has 3 aromatic rings. The van der Waals surface area contributed by atoms with E-state index in [1.165, 1.54) is 0 Å². The predicted octanol–water partition coefficient (Wildman–Crippen LogP) is 2.53. The van der Waals surface area contributed by atoms with Crippen LogP contribution in [0.3, 0.4) is 0 Å². The van der Waals surface area contributed by atoms with Gasteiger partial charge >= 0.3 is 0 Å². The van der Waals surface area contributed by atoms with Crippen LogP contribution in [0.15, 0.2) is 36.4 Å². The monoisotopic (exact) mass is 349 g/mol. The average molecular weight is 349 g/mol. The zero-order chi connectivity index (χ0) is 18.3. The Morgan fingerprint density at radius 1 is 1.12 bits per heavy atom. The summed E-state index contributed by atoms with van der Waals surface area (Å²) in [6.45, 7) is 5.66. The summed E-state index contributed by atoms with van der Waals surface area (Å²) in [5, 5.41) is 7.32. The van der Waals surface area contributed by atoms with E-state index in [-0.39, 0.29) is 5.91 Å². The van der Waals surface area contributed by atoms with Crippen molar-refractivity contribution in [3.05, 3.63) is 59.0 Å². The summed E-state index contributed by atoms with van der Waals surface area (Å²) in [7, 11) is 0. The summed E-state index contributed by atoms with van der Waals surface area (Å²) in [6.07, 6.45) is -0.00828. The van der Waals surface area contributed by atoms with Crippen molar-refractivity contribution in [1.29, 1.82) is 0 Å². The van der Waals surface area contributed by atoms with Gasteiger partial charge in [0.1, 0.15) is 11.6 Å². The molecular formula is C19H19N5O2. The standard InChI is InChI=1S/C19H19N5O2/c1-11-8-12(2)21-19(20-11)24-17(9-13(3)23-24)22-18(25)16-10-14-6-4-5-7-15(14)26-16/h4-9,16H,10H2,1-3H3,(H,22,25)/t16-/m0/s1. The number of fused-ring (bicyclic) bond motifs is 1. The van der Waals surface area contributed by atoms with Crippen LogP contribution < -0.4 is 10.1 Å². The molecule has 1 atom stereocenters. The van der Waals surface area contributed by atoms with Gasteiger partial charge in [-0.2, -0.15) is 9.78 Å². The largest absolute Gasteiger partial charge is 0.480 e. The molecule has 3 heterocycles. The van der Waals surface area contributed by atoms with Gasteiger partial charge in [-0.3, -0.25) is 4.79 Å². The number of ether oxygens (including phenoxy) is 1. The first kappa shape index (κ1) is 16.3. The van der Waals surface area contributed by atoms with Crippen LogP contribution in [0.4, 0.5) is 5.82 Å². The molecule has 1 aromatic carbocycles. The summed E-state index contributed by atoms with van der Waals surface area (Å²) in [4.78, 5) is 21.5. The smallest absolute Gasteiger partial charge is 0.266 e.